The molecule has 0 rings (SSSR count). The average molecular weight is 1420 g/mol. The van der Waals surface area contributed by atoms with Crippen LogP contribution in [0.4, 0.5) is 0 Å². The maximum atomic E-state index is 12.9. The summed E-state index contributed by atoms with van der Waals surface area (Å²) in [7, 11) is -9.81. The van der Waals surface area contributed by atoms with Gasteiger partial charge >= 0.3 is 33.6 Å². The predicted molar refractivity (Wildman–Crippen MR) is 408 cm³/mol. The third-order valence-electron chi connectivity index (χ3n) is 14.9. The van der Waals surface area contributed by atoms with Crippen LogP contribution in [0.25, 0.3) is 0 Å². The van der Waals surface area contributed by atoms with Crippen molar-refractivity contribution in [1.82, 2.24) is 0 Å². The van der Waals surface area contributed by atoms with Gasteiger partial charge in [0.05, 0.1) is 26.4 Å². The lowest BCUT2D eigenvalue weighted by molar-refractivity contribution is -0.161. The fraction of sp³-hybridized carbons (Fsp3) is 0.617. The van der Waals surface area contributed by atoms with Gasteiger partial charge in [0.1, 0.15) is 25.4 Å². The van der Waals surface area contributed by atoms with Gasteiger partial charge in [0.2, 0.25) is 0 Å². The Morgan fingerprint density at radius 2 is 0.535 bits per heavy atom. The molecule has 0 aliphatic carbocycles. The van der Waals surface area contributed by atoms with E-state index < -0.39 is 91.5 Å². The van der Waals surface area contributed by atoms with Gasteiger partial charge in [-0.15, -0.1) is 0 Å². The van der Waals surface area contributed by atoms with E-state index in [0.717, 1.165) is 205 Å². The molecular weight excluding hydrogens is 1290 g/mol. The number of carbonyl (C=O) groups is 3. The third-order valence-corrected chi connectivity index (χ3v) is 16.8. The molecule has 16 nitrogen and oxygen atoms in total. The van der Waals surface area contributed by atoms with Crippen molar-refractivity contribution < 1.29 is 75.8 Å². The van der Waals surface area contributed by atoms with Crippen molar-refractivity contribution in [2.45, 2.75) is 283 Å². The Bertz CT molecular complexity index is 2480. The van der Waals surface area contributed by atoms with E-state index in [4.69, 9.17) is 32.3 Å². The summed E-state index contributed by atoms with van der Waals surface area (Å²) in [4.78, 5) is 58.5. The second kappa shape index (κ2) is 72.7. The summed E-state index contributed by atoms with van der Waals surface area (Å²) >= 11 is 0. The van der Waals surface area contributed by atoms with Gasteiger partial charge in [-0.2, -0.15) is 0 Å². The SMILES string of the molecule is CC/C=C\C/C=C\C/C=C\C/C=C\C/C=C\C/C=C\CCCCCCCCC(=O)OCC(O)COP(=O)(O)OCC(O)COP(=O)(O)OCC(COC(=O)CCCCCCCC/C=C\C/C=C\C/C=C\C/C=C\C/C=C\C/C=C\CC)OC(=O)CCCCCCC/C=C\C/C=C\CCC. The first-order valence-corrected chi connectivity index (χ1v) is 40.4. The van der Waals surface area contributed by atoms with Crippen molar-refractivity contribution in [2.75, 3.05) is 39.6 Å². The van der Waals surface area contributed by atoms with Crippen LogP contribution in [0.5, 0.6) is 0 Å². The molecular formula is C81H132O16P2. The Labute approximate surface area is 599 Å². The normalized spacial score (nSPS) is 15.0. The second-order valence-corrected chi connectivity index (χ2v) is 27.2. The van der Waals surface area contributed by atoms with Gasteiger partial charge in [-0.1, -0.05) is 268 Å². The molecule has 0 radical (unpaired) electrons. The lowest BCUT2D eigenvalue weighted by atomic mass is 10.1. The van der Waals surface area contributed by atoms with Crippen molar-refractivity contribution in [3.05, 3.63) is 170 Å². The molecule has 0 saturated heterocycles. The van der Waals surface area contributed by atoms with Crippen LogP contribution in [0.1, 0.15) is 265 Å². The minimum absolute atomic E-state index is 0.0783. The van der Waals surface area contributed by atoms with Crippen molar-refractivity contribution in [2.24, 2.45) is 0 Å². The first kappa shape index (κ1) is 93.9. The number of hydrogen-bond acceptors (Lipinski definition) is 14. The zero-order valence-corrected chi connectivity index (χ0v) is 62.9. The van der Waals surface area contributed by atoms with Gasteiger partial charge in [-0.25, -0.2) is 9.13 Å². The Hall–Kier alpha value is -5.09. The third kappa shape index (κ3) is 73.9. The number of aliphatic hydroxyl groups is 2. The summed E-state index contributed by atoms with van der Waals surface area (Å²) in [6.45, 7) is 2.30. The topological polar surface area (TPSA) is 231 Å². The van der Waals surface area contributed by atoms with Gasteiger partial charge in [-0.3, -0.25) is 32.5 Å². The lowest BCUT2D eigenvalue weighted by Gasteiger charge is -2.21. The van der Waals surface area contributed by atoms with Crippen molar-refractivity contribution in [3.8, 4) is 0 Å². The maximum absolute atomic E-state index is 12.9. The highest BCUT2D eigenvalue weighted by Crippen LogP contribution is 2.45. The van der Waals surface area contributed by atoms with Crippen molar-refractivity contribution in [1.29, 1.82) is 0 Å². The van der Waals surface area contributed by atoms with E-state index in [1.54, 1.807) is 0 Å². The number of ether oxygens (including phenoxy) is 3. The monoisotopic (exact) mass is 1420 g/mol. The molecule has 0 aromatic heterocycles. The standard InChI is InChI=1S/C81H132O16P2/c1-4-7-10-13-16-19-22-25-27-29-31-33-35-37-39-41-43-45-47-50-52-55-58-61-64-67-79(84)91-70-76(82)71-93-98(87,88)94-72-77(83)73-95-99(89,90)96-75-78(97-81(86)69-66-63-60-57-54-49-24-21-18-15-12-9-6-3)74-92-80(85)68-65-62-59-56-53-51-48-46-44-42-40-38-36-34-32-30-28-26-23-20-17-14-11-8-5-2/h7-8,10-12,15-17,19-21,24-28,31-34,37-40,43-46,76-78,82-83H,4-6,9,13-14,18,22-23,29-30,35-36,41-42,47-75H2,1-3H3,(H,87,88)(H,89,90)/b10-7-,11-8-,15-12-,19-16-,20-17-,24-21-,27-25-,28-26-,33-31-,34-32-,39-37-,40-38-,45-43-,46-44-. The first-order chi connectivity index (χ1) is 48.2. The molecule has 0 bridgehead atoms. The maximum Gasteiger partial charge on any atom is 0.472 e. The molecule has 0 spiro atoms. The van der Waals surface area contributed by atoms with Gasteiger partial charge in [0.25, 0.3) is 0 Å². The molecule has 0 saturated carbocycles. The summed E-state index contributed by atoms with van der Waals surface area (Å²) < 4.78 is 61.0. The first-order valence-electron chi connectivity index (χ1n) is 37.4. The molecule has 18 heteroatoms. The van der Waals surface area contributed by atoms with E-state index in [0.29, 0.717) is 19.3 Å². The quantitative estimate of drug-likeness (QED) is 0.0146. The van der Waals surface area contributed by atoms with E-state index in [2.05, 4.69) is 191 Å². The summed E-state index contributed by atoms with van der Waals surface area (Å²) in [6.07, 6.45) is 91.1. The van der Waals surface area contributed by atoms with Crippen LogP contribution in [-0.2, 0) is 55.8 Å². The minimum atomic E-state index is -4.94. The molecule has 0 aromatic rings. The number of esters is 3. The molecule has 0 aliphatic heterocycles. The molecule has 5 atom stereocenters. The van der Waals surface area contributed by atoms with Crippen LogP contribution in [0, 0.1) is 0 Å². The predicted octanol–water partition coefficient (Wildman–Crippen LogP) is 21.6. The van der Waals surface area contributed by atoms with Crippen LogP contribution >= 0.6 is 15.6 Å². The molecule has 0 aliphatic rings. The lowest BCUT2D eigenvalue weighted by Crippen LogP contribution is -2.30. The number of carbonyl (C=O) groups excluding carboxylic acids is 3. The van der Waals surface area contributed by atoms with E-state index in [1.807, 2.05) is 0 Å². The second-order valence-electron chi connectivity index (χ2n) is 24.3. The minimum Gasteiger partial charge on any atom is -0.463 e. The number of phosphoric acid groups is 2. The number of rotatable bonds is 69. The Morgan fingerprint density at radius 3 is 0.848 bits per heavy atom. The van der Waals surface area contributed by atoms with Gasteiger partial charge < -0.3 is 34.2 Å². The highest BCUT2D eigenvalue weighted by Gasteiger charge is 2.29. The number of hydrogen-bond donors (Lipinski definition) is 4. The largest absolute Gasteiger partial charge is 0.472 e. The molecule has 4 N–H and O–H groups in total. The van der Waals surface area contributed by atoms with Crippen LogP contribution in [0.2, 0.25) is 0 Å². The zero-order chi connectivity index (χ0) is 72.3. The van der Waals surface area contributed by atoms with Gasteiger partial charge in [-0.05, 0) is 148 Å². The van der Waals surface area contributed by atoms with Crippen molar-refractivity contribution in [3.63, 3.8) is 0 Å². The van der Waals surface area contributed by atoms with E-state index in [-0.39, 0.29) is 19.3 Å². The van der Waals surface area contributed by atoms with E-state index in [9.17, 15) is 43.5 Å². The number of aliphatic hydroxyl groups excluding tert-OH is 2. The Balaban J connectivity index is 4.63. The van der Waals surface area contributed by atoms with Crippen LogP contribution in [0.3, 0.4) is 0 Å². The molecule has 0 heterocycles. The summed E-state index contributed by atoms with van der Waals surface area (Å²) in [5.74, 6) is -1.63. The smallest absolute Gasteiger partial charge is 0.463 e. The molecule has 0 amide bonds. The molecule has 0 aromatic carbocycles. The van der Waals surface area contributed by atoms with Gasteiger partial charge in [0, 0.05) is 19.3 Å². The average Bonchev–Trinajstić information content (AvgIpc) is 1.37. The van der Waals surface area contributed by atoms with E-state index in [1.165, 1.54) is 0 Å². The molecule has 99 heavy (non-hydrogen) atoms. The Kier molecular flexibility index (Phi) is 69.0. The van der Waals surface area contributed by atoms with Crippen LogP contribution < -0.4 is 0 Å². The van der Waals surface area contributed by atoms with E-state index >= 15 is 0 Å². The number of unbranched alkanes of at least 4 members (excludes halogenated alkanes) is 18. The van der Waals surface area contributed by atoms with Crippen LogP contribution in [-0.4, -0.2) is 95.9 Å². The highest BCUT2D eigenvalue weighted by atomic mass is 31.2. The fourth-order valence-corrected chi connectivity index (χ4v) is 10.8. The fourth-order valence-electron chi connectivity index (χ4n) is 9.26. The number of allylic oxidation sites excluding steroid dienone is 28. The summed E-state index contributed by atoms with van der Waals surface area (Å²) in [5.41, 5.74) is 0. The molecule has 0 fully saturated rings. The highest BCUT2D eigenvalue weighted by molar-refractivity contribution is 7.47. The van der Waals surface area contributed by atoms with Crippen molar-refractivity contribution >= 4 is 33.6 Å². The van der Waals surface area contributed by atoms with Crippen LogP contribution in [0.15, 0.2) is 170 Å². The zero-order valence-electron chi connectivity index (χ0n) is 61.1. The Morgan fingerprint density at radius 1 is 0.293 bits per heavy atom. The molecule has 562 valence electrons. The number of phosphoric ester groups is 2. The molecule has 5 unspecified atom stereocenters. The van der Waals surface area contributed by atoms with Gasteiger partial charge in [0.15, 0.2) is 6.10 Å². The summed E-state index contributed by atoms with van der Waals surface area (Å²) in [6, 6.07) is 0. The summed E-state index contributed by atoms with van der Waals surface area (Å²) in [5, 5.41) is 20.6.